The molecule has 0 heterocycles. The van der Waals surface area contributed by atoms with Gasteiger partial charge in [-0.3, -0.25) is 0 Å². The number of aryl methyl sites for hydroxylation is 2. The molecule has 0 aromatic heterocycles. The van der Waals surface area contributed by atoms with E-state index in [1.165, 1.54) is 220 Å². The fourth-order valence-corrected chi connectivity index (χ4v) is 8.66. The molecule has 0 atom stereocenters. The molecular weight excluding hydrogens is 689 g/mol. The normalized spacial score (nSPS) is 11.7. The Hall–Kier alpha value is -2.66. The monoisotopic (exact) mass is 779 g/mol. The van der Waals surface area contributed by atoms with Crippen molar-refractivity contribution in [3.8, 4) is 0 Å². The van der Waals surface area contributed by atoms with Crippen LogP contribution >= 0.6 is 0 Å². The summed E-state index contributed by atoms with van der Waals surface area (Å²) in [6.07, 6.45) is 45.9. The summed E-state index contributed by atoms with van der Waals surface area (Å²) in [5.74, 6) is 3.12. The van der Waals surface area contributed by atoms with Gasteiger partial charge in [-0.25, -0.2) is 0 Å². The molecule has 0 amide bonds. The van der Waals surface area contributed by atoms with Crippen LogP contribution in [0.1, 0.15) is 262 Å². The number of benzene rings is 2. The van der Waals surface area contributed by atoms with Gasteiger partial charge in [-0.05, 0) is 84.8 Å². The molecule has 0 spiro atoms. The van der Waals surface area contributed by atoms with Gasteiger partial charge in [-0.15, -0.1) is 4.79 Å². The number of hydrogen-bond acceptors (Lipinski definition) is 0. The zero-order valence-electron chi connectivity index (χ0n) is 38.3. The average molecular weight is 779 g/mol. The van der Waals surface area contributed by atoms with E-state index in [1.54, 1.807) is 0 Å². The summed E-state index contributed by atoms with van der Waals surface area (Å²) in [7, 11) is 0. The third-order valence-electron chi connectivity index (χ3n) is 12.2. The van der Waals surface area contributed by atoms with E-state index in [4.69, 9.17) is 0 Å². The zero-order valence-corrected chi connectivity index (χ0v) is 38.3. The predicted molar refractivity (Wildman–Crippen MR) is 254 cm³/mol. The molecule has 2 nitrogen and oxygen atoms in total. The molecule has 0 aliphatic rings. The van der Waals surface area contributed by atoms with Crippen LogP contribution in [0.4, 0.5) is 0 Å². The van der Waals surface area contributed by atoms with Crippen molar-refractivity contribution in [1.29, 1.82) is 0 Å². The summed E-state index contributed by atoms with van der Waals surface area (Å²) < 4.78 is 0. The fraction of sp³-hybridized carbons (Fsp3) is 0.709. The number of unbranched alkanes of at least 4 members (excludes halogenated alkanes) is 27. The van der Waals surface area contributed by atoms with E-state index in [2.05, 4.69) is 86.9 Å². The highest BCUT2D eigenvalue weighted by Crippen LogP contribution is 2.36. The van der Waals surface area contributed by atoms with Crippen LogP contribution in [0.3, 0.4) is 0 Å². The molecule has 0 aliphatic carbocycles. The third-order valence-corrected chi connectivity index (χ3v) is 12.2. The Morgan fingerprint density at radius 2 is 0.754 bits per heavy atom. The van der Waals surface area contributed by atoms with Gasteiger partial charge in [0.15, 0.2) is 0 Å². The van der Waals surface area contributed by atoms with Gasteiger partial charge in [0.05, 0.1) is 5.57 Å². The maximum Gasteiger partial charge on any atom is 0.303 e. The number of allylic oxidation sites excluding steroid dienone is 2. The van der Waals surface area contributed by atoms with Crippen LogP contribution in [0, 0.1) is 0 Å². The van der Waals surface area contributed by atoms with Gasteiger partial charge in [-0.2, -0.15) is 0 Å². The summed E-state index contributed by atoms with van der Waals surface area (Å²) in [6, 6.07) is 18.8. The summed E-state index contributed by atoms with van der Waals surface area (Å²) >= 11 is 0. The van der Waals surface area contributed by atoms with Crippen LogP contribution in [0.25, 0.3) is 11.1 Å². The van der Waals surface area contributed by atoms with E-state index < -0.39 is 0 Å². The maximum atomic E-state index is 9.90. The molecule has 0 N–H and O–H groups in total. The predicted octanol–water partition coefficient (Wildman–Crippen LogP) is 18.4. The van der Waals surface area contributed by atoms with Crippen LogP contribution in [-0.4, -0.2) is 10.7 Å². The van der Waals surface area contributed by atoms with E-state index >= 15 is 0 Å². The summed E-state index contributed by atoms with van der Waals surface area (Å²) in [4.78, 5) is 3.55. The fourth-order valence-electron chi connectivity index (χ4n) is 8.66. The first-order valence-corrected chi connectivity index (χ1v) is 25.1. The van der Waals surface area contributed by atoms with Gasteiger partial charge >= 0.3 is 5.87 Å². The highest BCUT2D eigenvalue weighted by atomic mass is 14.8. The van der Waals surface area contributed by atoms with E-state index in [1.807, 2.05) is 0 Å². The minimum Gasteiger partial charge on any atom is -0.348 e. The van der Waals surface area contributed by atoms with Crippen molar-refractivity contribution < 1.29 is 4.79 Å². The van der Waals surface area contributed by atoms with Crippen molar-refractivity contribution >= 4 is 11.4 Å². The Morgan fingerprint density at radius 1 is 0.421 bits per heavy atom. The molecule has 57 heavy (non-hydrogen) atoms. The Balaban J connectivity index is 2.04. The van der Waals surface area contributed by atoms with Crippen molar-refractivity contribution in [3.63, 3.8) is 0 Å². The number of nitrogens with zero attached hydrogens (tertiary/aromatic N) is 2. The molecule has 0 unspecified atom stereocenters. The van der Waals surface area contributed by atoms with Gasteiger partial charge in [0, 0.05) is 0 Å². The summed E-state index contributed by atoms with van der Waals surface area (Å²) in [6.45, 7) is 9.15. The smallest absolute Gasteiger partial charge is 0.303 e. The molecule has 2 rings (SSSR count). The highest BCUT2D eigenvalue weighted by Gasteiger charge is 2.19. The van der Waals surface area contributed by atoms with E-state index in [0.717, 1.165) is 44.1 Å². The van der Waals surface area contributed by atoms with Crippen LogP contribution in [0.5, 0.6) is 0 Å². The SMILES string of the molecule is CCCCCCCCCCCCCCCCCCCCCc1cccc(C(=C(CCCCCCCC)C(=C=[N+]=[N-])CCCCC)c2cccc(CCCCC)c2)c1. The van der Waals surface area contributed by atoms with Crippen LogP contribution in [0.2, 0.25) is 0 Å². The van der Waals surface area contributed by atoms with Crippen molar-refractivity contribution in [2.75, 3.05) is 0 Å². The molecule has 0 saturated carbocycles. The maximum absolute atomic E-state index is 9.90. The first kappa shape index (κ1) is 50.5. The van der Waals surface area contributed by atoms with Crippen LogP contribution in [0.15, 0.2) is 59.7 Å². The minimum atomic E-state index is 0.905. The second-order valence-electron chi connectivity index (χ2n) is 17.5. The number of hydrogen-bond donors (Lipinski definition) is 0. The largest absolute Gasteiger partial charge is 0.348 e. The molecule has 0 aliphatic heterocycles. The van der Waals surface area contributed by atoms with Gasteiger partial charge in [-0.1, -0.05) is 250 Å². The molecule has 0 radical (unpaired) electrons. The second-order valence-corrected chi connectivity index (χ2v) is 17.5. The van der Waals surface area contributed by atoms with Gasteiger partial charge < -0.3 is 5.53 Å². The van der Waals surface area contributed by atoms with E-state index in [9.17, 15) is 5.53 Å². The first-order chi connectivity index (χ1) is 28.2. The molecule has 0 saturated heterocycles. The molecule has 320 valence electrons. The first-order valence-electron chi connectivity index (χ1n) is 25.1. The van der Waals surface area contributed by atoms with E-state index in [-0.39, 0.29) is 0 Å². The average Bonchev–Trinajstić information content (AvgIpc) is 3.22. The van der Waals surface area contributed by atoms with Gasteiger partial charge in [0.1, 0.15) is 0 Å². The van der Waals surface area contributed by atoms with E-state index in [0.29, 0.717) is 0 Å². The standard InChI is InChI=1S/C55H90N2/c1-5-9-13-15-17-18-19-20-21-22-23-24-25-26-27-28-29-30-34-39-50-41-37-44-52(47-50)55(51-43-36-40-49(46-51)38-32-11-7-3)54(45-35-31-16-14-10-6-2)53(48-57-56)42-33-12-8-4/h36-37,40-41,43-44,46-47H,5-35,38-39,42,45H2,1-4H3. The Labute approximate surface area is 354 Å². The molecule has 0 fully saturated rings. The molecule has 0 bridgehead atoms. The lowest BCUT2D eigenvalue weighted by Gasteiger charge is -2.19. The molecule has 2 heteroatoms. The number of rotatable bonds is 38. The van der Waals surface area contributed by atoms with Crippen molar-refractivity contribution in [2.45, 2.75) is 252 Å². The van der Waals surface area contributed by atoms with Gasteiger partial charge in [0.2, 0.25) is 0 Å². The Kier molecular flexibility index (Phi) is 32.3. The molecular formula is C55H90N2. The zero-order chi connectivity index (χ0) is 40.9. The lowest BCUT2D eigenvalue weighted by atomic mass is 9.84. The van der Waals surface area contributed by atoms with Crippen molar-refractivity contribution in [2.24, 2.45) is 0 Å². The summed E-state index contributed by atoms with van der Waals surface area (Å²) in [5.41, 5.74) is 19.1. The minimum absolute atomic E-state index is 0.905. The van der Waals surface area contributed by atoms with Crippen molar-refractivity contribution in [3.05, 3.63) is 87.5 Å². The lowest BCUT2D eigenvalue weighted by molar-refractivity contribution is 0.00739. The molecule has 2 aromatic carbocycles. The topological polar surface area (TPSA) is 36.4 Å². The molecule has 2 aromatic rings. The third kappa shape index (κ3) is 24.8. The summed E-state index contributed by atoms with van der Waals surface area (Å²) in [5, 5.41) is 0. The van der Waals surface area contributed by atoms with Crippen LogP contribution < -0.4 is 0 Å². The van der Waals surface area contributed by atoms with Crippen molar-refractivity contribution in [1.82, 2.24) is 0 Å². The van der Waals surface area contributed by atoms with Crippen LogP contribution in [-0.2, 0) is 12.8 Å². The Bertz CT molecular complexity index is 1370. The Morgan fingerprint density at radius 3 is 1.18 bits per heavy atom. The van der Waals surface area contributed by atoms with Gasteiger partial charge in [0.25, 0.3) is 0 Å². The quantitative estimate of drug-likeness (QED) is 0.0214. The second kappa shape index (κ2) is 36.4. The highest BCUT2D eigenvalue weighted by molar-refractivity contribution is 5.87. The lowest BCUT2D eigenvalue weighted by Crippen LogP contribution is -2.02.